The second-order valence-corrected chi connectivity index (χ2v) is 9.89. The van der Waals surface area contributed by atoms with Gasteiger partial charge in [0.05, 0.1) is 17.3 Å². The number of carboxylic acid groups (broad SMARTS) is 1. The fourth-order valence-corrected chi connectivity index (χ4v) is 5.42. The Morgan fingerprint density at radius 3 is 2.40 bits per heavy atom. The Morgan fingerprint density at radius 2 is 1.69 bits per heavy atom. The number of aryl methyl sites for hydroxylation is 2. The highest BCUT2D eigenvalue weighted by atomic mass is 32.2. The van der Waals surface area contributed by atoms with Crippen molar-refractivity contribution < 1.29 is 19.4 Å². The smallest absolute Gasteiger partial charge is 0.407 e. The van der Waals surface area contributed by atoms with Gasteiger partial charge < -0.3 is 19.6 Å². The van der Waals surface area contributed by atoms with Crippen molar-refractivity contribution in [2.45, 2.75) is 42.7 Å². The van der Waals surface area contributed by atoms with Crippen molar-refractivity contribution >= 4 is 29.5 Å². The average molecular weight is 491 g/mol. The van der Waals surface area contributed by atoms with Crippen LogP contribution in [0, 0.1) is 13.8 Å². The van der Waals surface area contributed by atoms with E-state index in [1.807, 2.05) is 25.1 Å². The fraction of sp³-hybridized carbons (Fsp3) is 0.286. The van der Waals surface area contributed by atoms with Gasteiger partial charge in [0.2, 0.25) is 0 Å². The van der Waals surface area contributed by atoms with Gasteiger partial charge in [-0.25, -0.2) is 9.59 Å². The molecule has 1 aliphatic heterocycles. The molecule has 0 aliphatic carbocycles. The van der Waals surface area contributed by atoms with Crippen LogP contribution in [0.4, 0.5) is 10.5 Å². The van der Waals surface area contributed by atoms with E-state index < -0.39 is 18.2 Å². The summed E-state index contributed by atoms with van der Waals surface area (Å²) < 4.78 is 5.84. The third-order valence-corrected chi connectivity index (χ3v) is 7.50. The van der Waals surface area contributed by atoms with E-state index in [2.05, 4.69) is 49.1 Å². The van der Waals surface area contributed by atoms with Gasteiger partial charge in [0, 0.05) is 29.4 Å². The zero-order chi connectivity index (χ0) is 24.9. The molecule has 0 saturated carbocycles. The van der Waals surface area contributed by atoms with E-state index in [4.69, 9.17) is 4.74 Å². The number of carbonyl (C=O) groups excluding carboxylic acids is 1. The first-order chi connectivity index (χ1) is 16.8. The van der Waals surface area contributed by atoms with Crippen molar-refractivity contribution in [1.82, 2.24) is 4.90 Å². The minimum atomic E-state index is -0.964. The Balaban J connectivity index is 1.62. The van der Waals surface area contributed by atoms with Gasteiger partial charge in [-0.2, -0.15) is 0 Å². The molecule has 2 atom stereocenters. The lowest BCUT2D eigenvalue weighted by Crippen LogP contribution is -2.59. The van der Waals surface area contributed by atoms with E-state index in [0.29, 0.717) is 18.7 Å². The number of ether oxygens (including phenoxy) is 1. The summed E-state index contributed by atoms with van der Waals surface area (Å²) in [7, 11) is 0. The van der Waals surface area contributed by atoms with Gasteiger partial charge in [-0.3, -0.25) is 0 Å². The van der Waals surface area contributed by atoms with Crippen molar-refractivity contribution in [1.29, 1.82) is 0 Å². The van der Waals surface area contributed by atoms with Crippen LogP contribution in [0.15, 0.2) is 82.6 Å². The molecule has 6 nitrogen and oxygen atoms in total. The van der Waals surface area contributed by atoms with Gasteiger partial charge >= 0.3 is 12.1 Å². The number of carbonyl (C=O) groups is 2. The highest BCUT2D eigenvalue weighted by Gasteiger charge is 2.36. The number of amides is 1. The largest absolute Gasteiger partial charge is 0.465 e. The van der Waals surface area contributed by atoms with Crippen LogP contribution in [0.1, 0.15) is 28.4 Å². The number of para-hydroxylation sites is 1. The third-order valence-electron chi connectivity index (χ3n) is 6.26. The molecule has 3 aromatic carbocycles. The normalized spacial score (nSPS) is 16.6. The molecule has 1 aliphatic rings. The summed E-state index contributed by atoms with van der Waals surface area (Å²) >= 11 is 1.70. The standard InChI is InChI=1S/C28H30N2O4S/c1-19-13-14-25(20(2)17-19)35-26-12-8-7-11-23(26)30-16-15-29(28(32)33)18-24(30)21(3)34-27(31)22-9-5-4-6-10-22/h4-14,17,21,24H,15-16,18H2,1-3H3,(H,32,33). The fourth-order valence-electron chi connectivity index (χ4n) is 4.39. The van der Waals surface area contributed by atoms with Crippen LogP contribution in [0.25, 0.3) is 0 Å². The molecule has 1 N–H and O–H groups in total. The number of esters is 1. The molecule has 2 unspecified atom stereocenters. The number of anilines is 1. The SMILES string of the molecule is Cc1ccc(Sc2ccccc2N2CCN(C(=O)O)CC2C(C)OC(=O)c2ccccc2)c(C)c1. The molecule has 1 saturated heterocycles. The van der Waals surface area contributed by atoms with E-state index in [9.17, 15) is 14.7 Å². The van der Waals surface area contributed by atoms with Crippen LogP contribution in [-0.4, -0.2) is 53.8 Å². The van der Waals surface area contributed by atoms with Gasteiger partial charge in [0.15, 0.2) is 0 Å². The monoisotopic (exact) mass is 490 g/mol. The van der Waals surface area contributed by atoms with E-state index in [1.165, 1.54) is 20.9 Å². The Bertz CT molecular complexity index is 1200. The Morgan fingerprint density at radius 1 is 0.971 bits per heavy atom. The number of piperazine rings is 1. The molecule has 35 heavy (non-hydrogen) atoms. The molecule has 1 fully saturated rings. The number of hydrogen-bond acceptors (Lipinski definition) is 5. The van der Waals surface area contributed by atoms with Crippen molar-refractivity contribution in [2.75, 3.05) is 24.5 Å². The second-order valence-electron chi connectivity index (χ2n) is 8.80. The maximum Gasteiger partial charge on any atom is 0.407 e. The second kappa shape index (κ2) is 10.9. The van der Waals surface area contributed by atoms with Gasteiger partial charge in [-0.05, 0) is 56.7 Å². The topological polar surface area (TPSA) is 70.1 Å². The molecule has 0 aromatic heterocycles. The molecule has 7 heteroatoms. The first-order valence-corrected chi connectivity index (χ1v) is 12.5. The number of hydrogen-bond donors (Lipinski definition) is 1. The number of rotatable bonds is 6. The van der Waals surface area contributed by atoms with Crippen LogP contribution in [0.2, 0.25) is 0 Å². The summed E-state index contributed by atoms with van der Waals surface area (Å²) in [5, 5.41) is 9.65. The molecule has 3 aromatic rings. The lowest BCUT2D eigenvalue weighted by molar-refractivity contribution is 0.0222. The quantitative estimate of drug-likeness (QED) is 0.436. The summed E-state index contributed by atoms with van der Waals surface area (Å²) in [4.78, 5) is 30.4. The maximum absolute atomic E-state index is 12.8. The molecular formula is C28H30N2O4S. The molecule has 4 rings (SSSR count). The van der Waals surface area contributed by atoms with Crippen LogP contribution in [0.5, 0.6) is 0 Å². The first kappa shape index (κ1) is 24.7. The predicted octanol–water partition coefficient (Wildman–Crippen LogP) is 5.87. The summed E-state index contributed by atoms with van der Waals surface area (Å²) in [5.41, 5.74) is 3.92. The van der Waals surface area contributed by atoms with E-state index in [0.717, 1.165) is 10.6 Å². The lowest BCUT2D eigenvalue weighted by Gasteiger charge is -2.44. The lowest BCUT2D eigenvalue weighted by atomic mass is 10.1. The Kier molecular flexibility index (Phi) is 7.66. The average Bonchev–Trinajstić information content (AvgIpc) is 2.86. The molecule has 0 bridgehead atoms. The van der Waals surface area contributed by atoms with Crippen molar-refractivity contribution in [3.05, 3.63) is 89.5 Å². The molecule has 1 heterocycles. The highest BCUT2D eigenvalue weighted by Crippen LogP contribution is 2.39. The van der Waals surface area contributed by atoms with Crippen LogP contribution >= 0.6 is 11.8 Å². The molecule has 0 radical (unpaired) electrons. The molecule has 0 spiro atoms. The molecule has 1 amide bonds. The van der Waals surface area contributed by atoms with Crippen LogP contribution < -0.4 is 4.90 Å². The van der Waals surface area contributed by atoms with Gasteiger partial charge in [-0.1, -0.05) is 59.8 Å². The summed E-state index contributed by atoms with van der Waals surface area (Å²) in [5.74, 6) is -0.413. The zero-order valence-corrected chi connectivity index (χ0v) is 21.0. The summed E-state index contributed by atoms with van der Waals surface area (Å²) in [6, 6.07) is 23.1. The summed E-state index contributed by atoms with van der Waals surface area (Å²) in [6.07, 6.45) is -1.49. The van der Waals surface area contributed by atoms with Crippen LogP contribution in [0.3, 0.4) is 0 Å². The van der Waals surface area contributed by atoms with E-state index in [-0.39, 0.29) is 12.6 Å². The first-order valence-electron chi connectivity index (χ1n) is 11.7. The van der Waals surface area contributed by atoms with Gasteiger partial charge in [0.25, 0.3) is 0 Å². The van der Waals surface area contributed by atoms with Crippen molar-refractivity contribution in [2.24, 2.45) is 0 Å². The van der Waals surface area contributed by atoms with E-state index >= 15 is 0 Å². The third kappa shape index (κ3) is 5.80. The van der Waals surface area contributed by atoms with Gasteiger partial charge in [-0.15, -0.1) is 0 Å². The predicted molar refractivity (Wildman–Crippen MR) is 139 cm³/mol. The zero-order valence-electron chi connectivity index (χ0n) is 20.2. The molecule has 182 valence electrons. The number of nitrogens with zero attached hydrogens (tertiary/aromatic N) is 2. The Hall–Kier alpha value is -3.45. The minimum absolute atomic E-state index is 0.251. The van der Waals surface area contributed by atoms with Crippen LogP contribution in [-0.2, 0) is 4.74 Å². The number of benzene rings is 3. The summed E-state index contributed by atoms with van der Waals surface area (Å²) in [6.45, 7) is 7.17. The Labute approximate surface area is 210 Å². The van der Waals surface area contributed by atoms with Gasteiger partial charge in [0.1, 0.15) is 6.10 Å². The highest BCUT2D eigenvalue weighted by molar-refractivity contribution is 7.99. The van der Waals surface area contributed by atoms with E-state index in [1.54, 1.807) is 36.0 Å². The molecular weight excluding hydrogens is 460 g/mol. The van der Waals surface area contributed by atoms with Crippen molar-refractivity contribution in [3.8, 4) is 0 Å². The maximum atomic E-state index is 12.8. The minimum Gasteiger partial charge on any atom is -0.465 e. The van der Waals surface area contributed by atoms with Crippen molar-refractivity contribution in [3.63, 3.8) is 0 Å².